The van der Waals surface area contributed by atoms with E-state index in [9.17, 15) is 15.2 Å². The van der Waals surface area contributed by atoms with E-state index in [1.165, 1.54) is 0 Å². The Labute approximate surface area is 309 Å². The maximum Gasteiger partial charge on any atom is 0.242 e. The van der Waals surface area contributed by atoms with Crippen LogP contribution in [0.2, 0.25) is 0 Å². The molecule has 3 aromatic carbocycles. The minimum Gasteiger partial charge on any atom is -0.504 e. The van der Waals surface area contributed by atoms with Gasteiger partial charge in [0.25, 0.3) is 0 Å². The number of hydrogen-bond acceptors (Lipinski definition) is 10. The second kappa shape index (κ2) is 14.2. The third kappa shape index (κ3) is 5.84. The van der Waals surface area contributed by atoms with Crippen molar-refractivity contribution < 1.29 is 28.8 Å². The number of methoxy groups -OCH3 is 1. The first-order chi connectivity index (χ1) is 25.1. The van der Waals surface area contributed by atoms with Crippen LogP contribution in [0.5, 0.6) is 28.7 Å². The normalized spacial score (nSPS) is 23.2. The lowest BCUT2D eigenvalue weighted by atomic mass is 9.71. The Hall–Kier alpha value is -5.03. The number of anilines is 1. The molecular formula is C39H44N6O6S. The first kappa shape index (κ1) is 35.4. The number of carbonyl (C=O) groups excluding carboxylic acids is 1. The predicted octanol–water partition coefficient (Wildman–Crippen LogP) is 4.57. The summed E-state index contributed by atoms with van der Waals surface area (Å²) in [6, 6.07) is 11.7. The van der Waals surface area contributed by atoms with Gasteiger partial charge in [0, 0.05) is 46.6 Å². The van der Waals surface area contributed by atoms with E-state index in [0.717, 1.165) is 39.1 Å². The number of amides is 1. The van der Waals surface area contributed by atoms with E-state index in [1.807, 2.05) is 51.2 Å². The highest BCUT2D eigenvalue weighted by molar-refractivity contribution is 7.80. The van der Waals surface area contributed by atoms with Gasteiger partial charge in [-0.25, -0.2) is 0 Å². The lowest BCUT2D eigenvalue weighted by molar-refractivity contribution is -0.123. The van der Waals surface area contributed by atoms with Crippen LogP contribution in [0.1, 0.15) is 52.4 Å². The number of piperazine rings is 1. The zero-order valence-corrected chi connectivity index (χ0v) is 30.8. The summed E-state index contributed by atoms with van der Waals surface area (Å²) in [6.45, 7) is 9.96. The Kier molecular flexibility index (Phi) is 9.65. The first-order valence-corrected chi connectivity index (χ1v) is 17.9. The molecule has 0 spiro atoms. The van der Waals surface area contributed by atoms with E-state index < -0.39 is 18.1 Å². The molecule has 0 aromatic heterocycles. The second-order valence-corrected chi connectivity index (χ2v) is 14.2. The van der Waals surface area contributed by atoms with Gasteiger partial charge in [-0.3, -0.25) is 14.6 Å². The molecule has 272 valence electrons. The number of benzene rings is 3. The minimum absolute atomic E-state index is 0.0406. The fraction of sp³-hybridized carbons (Fsp3) is 0.410. The van der Waals surface area contributed by atoms with Crippen molar-refractivity contribution in [2.24, 2.45) is 0 Å². The fourth-order valence-corrected chi connectivity index (χ4v) is 8.96. The fourth-order valence-electron chi connectivity index (χ4n) is 8.67. The van der Waals surface area contributed by atoms with Crippen LogP contribution in [-0.2, 0) is 17.6 Å². The first-order valence-electron chi connectivity index (χ1n) is 17.5. The highest BCUT2D eigenvalue weighted by Gasteiger charge is 2.56. The Morgan fingerprint density at radius 1 is 1.17 bits per heavy atom. The summed E-state index contributed by atoms with van der Waals surface area (Å²) in [6.07, 6.45) is 2.74. The molecule has 6 atom stereocenters. The highest BCUT2D eigenvalue weighted by atomic mass is 32.1. The molecule has 1 unspecified atom stereocenters. The van der Waals surface area contributed by atoms with Gasteiger partial charge in [0.1, 0.15) is 24.4 Å². The number of nitriles is 1. The van der Waals surface area contributed by atoms with Crippen LogP contribution in [0, 0.1) is 25.2 Å². The molecule has 0 aliphatic carbocycles. The zero-order chi connectivity index (χ0) is 36.8. The van der Waals surface area contributed by atoms with Crippen LogP contribution >= 0.6 is 12.2 Å². The number of ether oxygens (including phenoxy) is 4. The lowest BCUT2D eigenvalue weighted by Crippen LogP contribution is -2.69. The SMILES string of the molecule is C=CCOc1c(C)c2c(c3c1CC1[C@@H]4c5c(cc(C)c(OC)c5O)C[C@@H]([C@H](C#N)N1[C@H]3CNC(=O)[C@H](C)NC(=S)Nc1ccccc1)N4C)OCO2. The van der Waals surface area contributed by atoms with Crippen molar-refractivity contribution in [3.05, 3.63) is 82.4 Å². The van der Waals surface area contributed by atoms with Crippen LogP contribution in [-0.4, -0.2) is 84.2 Å². The number of hydrogen-bond donors (Lipinski definition) is 4. The molecule has 2 bridgehead atoms. The number of carbonyl (C=O) groups is 1. The molecule has 4 aliphatic rings. The number of aryl methyl sites for hydroxylation is 1. The van der Waals surface area contributed by atoms with Crippen LogP contribution in [0.4, 0.5) is 5.69 Å². The summed E-state index contributed by atoms with van der Waals surface area (Å²) in [5, 5.41) is 32.4. The molecule has 1 saturated heterocycles. The third-order valence-electron chi connectivity index (χ3n) is 10.9. The number of rotatable bonds is 9. The van der Waals surface area contributed by atoms with E-state index in [1.54, 1.807) is 20.1 Å². The molecule has 0 radical (unpaired) electrons. The second-order valence-electron chi connectivity index (χ2n) is 13.8. The molecule has 4 heterocycles. The van der Waals surface area contributed by atoms with Crippen molar-refractivity contribution in [3.8, 4) is 34.8 Å². The van der Waals surface area contributed by atoms with Crippen LogP contribution < -0.4 is 34.9 Å². The van der Waals surface area contributed by atoms with Crippen LogP contribution in [0.15, 0.2) is 49.1 Å². The summed E-state index contributed by atoms with van der Waals surface area (Å²) in [7, 11) is 3.59. The number of nitrogens with zero attached hydrogens (tertiary/aromatic N) is 3. The van der Waals surface area contributed by atoms with E-state index >= 15 is 0 Å². The number of thiocarbonyl (C=S) groups is 1. The Bertz CT molecular complexity index is 1970. The highest BCUT2D eigenvalue weighted by Crippen LogP contribution is 2.58. The van der Waals surface area contributed by atoms with Gasteiger partial charge >= 0.3 is 0 Å². The van der Waals surface area contributed by atoms with Crippen LogP contribution in [0.25, 0.3) is 0 Å². The maximum absolute atomic E-state index is 13.8. The predicted molar refractivity (Wildman–Crippen MR) is 200 cm³/mol. The number of phenolic OH excluding ortho intramolecular Hbond substituents is 1. The van der Waals surface area contributed by atoms with Gasteiger partial charge in [-0.1, -0.05) is 36.9 Å². The summed E-state index contributed by atoms with van der Waals surface area (Å²) >= 11 is 5.51. The standard InChI is InChI=1S/C39H44N6O6S/c1-7-13-49-35-21(3)36-37(51-19-50-36)31-25(35)16-27-32-30-23(14-20(2)34(48-6)33(30)46)15-26(44(32)5)28(17-40)45(27)29(31)18-41-38(47)22(4)42-39(52)43-24-11-9-8-10-12-24/h7-12,14,22,26-29,32,46H,1,13,15-16,18-19H2,2-6H3,(H,41,47)(H2,42,43,52)/t22-,26-,27?,28-,29-,32+/m0/s1. The smallest absolute Gasteiger partial charge is 0.242 e. The van der Waals surface area contributed by atoms with Gasteiger partial charge in [-0.2, -0.15) is 5.26 Å². The molecule has 7 rings (SSSR count). The molecule has 13 heteroatoms. The van der Waals surface area contributed by atoms with Crippen molar-refractivity contribution >= 4 is 28.9 Å². The molecule has 1 fully saturated rings. The van der Waals surface area contributed by atoms with E-state index in [2.05, 4.69) is 44.5 Å². The van der Waals surface area contributed by atoms with Crippen molar-refractivity contribution in [3.63, 3.8) is 0 Å². The molecule has 12 nitrogen and oxygen atoms in total. The molecule has 1 amide bonds. The molecule has 52 heavy (non-hydrogen) atoms. The average Bonchev–Trinajstić information content (AvgIpc) is 3.62. The van der Waals surface area contributed by atoms with E-state index in [4.69, 9.17) is 31.2 Å². The number of fused-ring (bicyclic) bond motifs is 9. The maximum atomic E-state index is 13.8. The summed E-state index contributed by atoms with van der Waals surface area (Å²) < 4.78 is 24.3. The Morgan fingerprint density at radius 3 is 2.63 bits per heavy atom. The topological polar surface area (TPSA) is 141 Å². The van der Waals surface area contributed by atoms with Crippen LogP contribution in [0.3, 0.4) is 0 Å². The van der Waals surface area contributed by atoms with Crippen molar-refractivity contribution in [1.29, 1.82) is 5.26 Å². The van der Waals surface area contributed by atoms with Crippen molar-refractivity contribution in [1.82, 2.24) is 20.4 Å². The molecular weight excluding hydrogens is 681 g/mol. The third-order valence-corrected chi connectivity index (χ3v) is 11.1. The lowest BCUT2D eigenvalue weighted by Gasteiger charge is -2.60. The summed E-state index contributed by atoms with van der Waals surface area (Å²) in [4.78, 5) is 18.2. The van der Waals surface area contributed by atoms with Gasteiger partial charge in [0.05, 0.1) is 25.3 Å². The van der Waals surface area contributed by atoms with Gasteiger partial charge in [0.2, 0.25) is 12.7 Å². The molecule has 0 saturated carbocycles. The minimum atomic E-state index is -0.671. The molecule has 4 N–H and O–H groups in total. The Balaban J connectivity index is 1.31. The number of para-hydroxylation sites is 1. The zero-order valence-electron chi connectivity index (χ0n) is 30.0. The number of phenols is 1. The van der Waals surface area contributed by atoms with Gasteiger partial charge in [-0.05, 0) is 76.1 Å². The molecule has 4 aliphatic heterocycles. The van der Waals surface area contributed by atoms with Crippen molar-refractivity contribution in [2.45, 2.75) is 69.9 Å². The van der Waals surface area contributed by atoms with Crippen molar-refractivity contribution in [2.75, 3.05) is 39.4 Å². The largest absolute Gasteiger partial charge is 0.504 e. The average molecular weight is 725 g/mol. The van der Waals surface area contributed by atoms with E-state index in [0.29, 0.717) is 41.0 Å². The summed E-state index contributed by atoms with van der Waals surface area (Å²) in [5.74, 6) is 2.14. The molecule has 3 aromatic rings. The van der Waals surface area contributed by atoms with E-state index in [-0.39, 0.29) is 49.7 Å². The quantitative estimate of drug-likeness (QED) is 0.182. The Morgan fingerprint density at radius 2 is 1.92 bits per heavy atom. The monoisotopic (exact) mass is 724 g/mol. The number of likely N-dealkylation sites (N-methyl/N-ethyl adjacent to an activating group) is 1. The van der Waals surface area contributed by atoms with Gasteiger partial charge in [0.15, 0.2) is 28.1 Å². The number of aromatic hydroxyl groups is 1. The van der Waals surface area contributed by atoms with Gasteiger partial charge in [-0.15, -0.1) is 0 Å². The van der Waals surface area contributed by atoms with Gasteiger partial charge < -0.3 is 40.0 Å². The summed E-state index contributed by atoms with van der Waals surface area (Å²) in [5.41, 5.74) is 5.99. The number of nitrogens with one attached hydrogen (secondary N) is 3.